The van der Waals surface area contributed by atoms with E-state index in [0.717, 1.165) is 7.11 Å². The van der Waals surface area contributed by atoms with Crippen LogP contribution in [0.25, 0.3) is 0 Å². The molecule has 0 aliphatic heterocycles. The smallest absolute Gasteiger partial charge is 0.339 e. The molecule has 0 amide bonds. The van der Waals surface area contributed by atoms with Gasteiger partial charge in [0.1, 0.15) is 17.4 Å². The monoisotopic (exact) mass is 270 g/mol. The van der Waals surface area contributed by atoms with Gasteiger partial charge in [0.05, 0.1) is 14.2 Å². The van der Waals surface area contributed by atoms with Crippen LogP contribution in [0.4, 0.5) is 0 Å². The van der Waals surface area contributed by atoms with Crippen molar-refractivity contribution in [2.45, 2.75) is 12.2 Å². The standard InChI is InChI=1S/C12H14O7/c1-18-7-5-3-4-6(8(7)11(15)16)9(13)10(14)12(17)19-2/h3-5,9-10,13-14H,1-2H3,(H,15,16). The molecule has 0 saturated heterocycles. The van der Waals surface area contributed by atoms with E-state index in [-0.39, 0.29) is 16.9 Å². The molecule has 19 heavy (non-hydrogen) atoms. The van der Waals surface area contributed by atoms with Crippen LogP contribution in [-0.4, -0.2) is 47.6 Å². The van der Waals surface area contributed by atoms with Gasteiger partial charge in [-0.3, -0.25) is 0 Å². The number of rotatable bonds is 5. The maximum Gasteiger partial charge on any atom is 0.339 e. The van der Waals surface area contributed by atoms with E-state index in [0.29, 0.717) is 0 Å². The second-order valence-electron chi connectivity index (χ2n) is 3.64. The number of hydrogen-bond donors (Lipinski definition) is 3. The number of aromatic carboxylic acids is 1. The lowest BCUT2D eigenvalue weighted by atomic mass is 9.97. The van der Waals surface area contributed by atoms with Crippen LogP contribution in [0.3, 0.4) is 0 Å². The van der Waals surface area contributed by atoms with E-state index >= 15 is 0 Å². The van der Waals surface area contributed by atoms with Gasteiger partial charge in [0, 0.05) is 5.56 Å². The highest BCUT2D eigenvalue weighted by Gasteiger charge is 2.31. The van der Waals surface area contributed by atoms with Crippen LogP contribution in [0.1, 0.15) is 22.0 Å². The van der Waals surface area contributed by atoms with Crippen molar-refractivity contribution in [3.8, 4) is 5.75 Å². The minimum atomic E-state index is -1.88. The largest absolute Gasteiger partial charge is 0.496 e. The summed E-state index contributed by atoms with van der Waals surface area (Å²) in [5, 5.41) is 28.5. The van der Waals surface area contributed by atoms with Crippen LogP contribution in [0.2, 0.25) is 0 Å². The highest BCUT2D eigenvalue weighted by atomic mass is 16.5. The quantitative estimate of drug-likeness (QED) is 0.643. The van der Waals surface area contributed by atoms with Gasteiger partial charge in [-0.05, 0) is 6.07 Å². The third-order valence-corrected chi connectivity index (χ3v) is 2.55. The molecule has 3 N–H and O–H groups in total. The minimum Gasteiger partial charge on any atom is -0.496 e. The molecule has 0 aliphatic rings. The van der Waals surface area contributed by atoms with Crippen LogP contribution in [-0.2, 0) is 9.53 Å². The van der Waals surface area contributed by atoms with Gasteiger partial charge in [-0.1, -0.05) is 12.1 Å². The van der Waals surface area contributed by atoms with Gasteiger partial charge in [0.25, 0.3) is 0 Å². The van der Waals surface area contributed by atoms with Crippen molar-refractivity contribution in [3.63, 3.8) is 0 Å². The molecule has 7 nitrogen and oxygen atoms in total. The Labute approximate surface area is 109 Å². The first-order valence-electron chi connectivity index (χ1n) is 5.28. The fraction of sp³-hybridized carbons (Fsp3) is 0.333. The summed E-state index contributed by atoms with van der Waals surface area (Å²) in [6.45, 7) is 0. The molecule has 1 aromatic rings. The molecular formula is C12H14O7. The predicted molar refractivity (Wildman–Crippen MR) is 62.9 cm³/mol. The number of methoxy groups -OCH3 is 2. The number of carbonyl (C=O) groups is 2. The average Bonchev–Trinajstić information content (AvgIpc) is 2.43. The normalized spacial score (nSPS) is 13.5. The van der Waals surface area contributed by atoms with Crippen molar-refractivity contribution >= 4 is 11.9 Å². The molecule has 1 aromatic carbocycles. The number of aliphatic hydroxyl groups is 2. The molecule has 0 saturated carbocycles. The molecule has 0 aliphatic carbocycles. The van der Waals surface area contributed by atoms with Crippen molar-refractivity contribution in [1.29, 1.82) is 0 Å². The second-order valence-corrected chi connectivity index (χ2v) is 3.64. The maximum absolute atomic E-state index is 11.2. The van der Waals surface area contributed by atoms with Gasteiger partial charge in [0.15, 0.2) is 6.10 Å². The molecule has 2 atom stereocenters. The summed E-state index contributed by atoms with van der Waals surface area (Å²) in [6.07, 6.45) is -3.61. The molecule has 0 bridgehead atoms. The van der Waals surface area contributed by atoms with E-state index < -0.39 is 24.1 Å². The van der Waals surface area contributed by atoms with E-state index in [2.05, 4.69) is 4.74 Å². The van der Waals surface area contributed by atoms with Gasteiger partial charge in [0.2, 0.25) is 0 Å². The van der Waals surface area contributed by atoms with Crippen LogP contribution < -0.4 is 4.74 Å². The van der Waals surface area contributed by atoms with Gasteiger partial charge < -0.3 is 24.8 Å². The number of carboxylic acids is 1. The van der Waals surface area contributed by atoms with E-state index in [1.54, 1.807) is 0 Å². The lowest BCUT2D eigenvalue weighted by Gasteiger charge is -2.19. The lowest BCUT2D eigenvalue weighted by Crippen LogP contribution is -2.30. The van der Waals surface area contributed by atoms with E-state index in [1.165, 1.54) is 25.3 Å². The zero-order chi connectivity index (χ0) is 14.6. The van der Waals surface area contributed by atoms with Crippen molar-refractivity contribution in [2.75, 3.05) is 14.2 Å². The molecule has 104 valence electrons. The summed E-state index contributed by atoms with van der Waals surface area (Å²) >= 11 is 0. The van der Waals surface area contributed by atoms with E-state index in [4.69, 9.17) is 9.84 Å². The highest BCUT2D eigenvalue weighted by molar-refractivity contribution is 5.93. The SMILES string of the molecule is COC(=O)C(O)C(O)c1cccc(OC)c1C(=O)O. The summed E-state index contributed by atoms with van der Waals surface area (Å²) in [6, 6.07) is 4.11. The van der Waals surface area contributed by atoms with Gasteiger partial charge in [-0.15, -0.1) is 0 Å². The molecule has 0 fully saturated rings. The first kappa shape index (κ1) is 14.9. The Kier molecular flexibility index (Phi) is 4.85. The molecule has 0 radical (unpaired) electrons. The number of aliphatic hydroxyl groups excluding tert-OH is 2. The van der Waals surface area contributed by atoms with Crippen LogP contribution in [0.5, 0.6) is 5.75 Å². The Morgan fingerprint density at radius 3 is 2.32 bits per heavy atom. The first-order valence-corrected chi connectivity index (χ1v) is 5.28. The lowest BCUT2D eigenvalue weighted by molar-refractivity contribution is -0.156. The molecule has 7 heteroatoms. The highest BCUT2D eigenvalue weighted by Crippen LogP contribution is 2.29. The van der Waals surface area contributed by atoms with Crippen LogP contribution >= 0.6 is 0 Å². The number of carboxylic acid groups (broad SMARTS) is 1. The van der Waals surface area contributed by atoms with Gasteiger partial charge >= 0.3 is 11.9 Å². The number of carbonyl (C=O) groups excluding carboxylic acids is 1. The van der Waals surface area contributed by atoms with E-state index in [1.807, 2.05) is 0 Å². The van der Waals surface area contributed by atoms with Crippen molar-refractivity contribution in [3.05, 3.63) is 29.3 Å². The third-order valence-electron chi connectivity index (χ3n) is 2.55. The summed E-state index contributed by atoms with van der Waals surface area (Å²) < 4.78 is 9.16. The summed E-state index contributed by atoms with van der Waals surface area (Å²) in [4.78, 5) is 22.3. The number of hydrogen-bond acceptors (Lipinski definition) is 6. The molecule has 0 aromatic heterocycles. The first-order chi connectivity index (χ1) is 8.93. The summed E-state index contributed by atoms with van der Waals surface area (Å²) in [5.41, 5.74) is -0.454. The van der Waals surface area contributed by atoms with Crippen molar-refractivity contribution in [2.24, 2.45) is 0 Å². The zero-order valence-corrected chi connectivity index (χ0v) is 10.4. The molecule has 0 heterocycles. The van der Waals surface area contributed by atoms with Gasteiger partial charge in [-0.25, -0.2) is 9.59 Å². The van der Waals surface area contributed by atoms with Gasteiger partial charge in [-0.2, -0.15) is 0 Å². The van der Waals surface area contributed by atoms with Crippen molar-refractivity contribution < 1.29 is 34.4 Å². The molecule has 2 unspecified atom stereocenters. The Hall–Kier alpha value is -2.12. The maximum atomic E-state index is 11.2. The van der Waals surface area contributed by atoms with Crippen LogP contribution in [0, 0.1) is 0 Å². The minimum absolute atomic E-state index is 0.0149. The Balaban J connectivity index is 3.26. The Morgan fingerprint density at radius 2 is 1.84 bits per heavy atom. The fourth-order valence-corrected chi connectivity index (χ4v) is 1.61. The average molecular weight is 270 g/mol. The predicted octanol–water partition coefficient (Wildman–Crippen LogP) is -0.0393. The Bertz CT molecular complexity index is 483. The Morgan fingerprint density at radius 1 is 1.21 bits per heavy atom. The number of benzene rings is 1. The fourth-order valence-electron chi connectivity index (χ4n) is 1.61. The topological polar surface area (TPSA) is 113 Å². The number of esters is 1. The van der Waals surface area contributed by atoms with Crippen molar-refractivity contribution in [1.82, 2.24) is 0 Å². The summed E-state index contributed by atoms with van der Waals surface area (Å²) in [5.74, 6) is -2.39. The third kappa shape index (κ3) is 3.01. The van der Waals surface area contributed by atoms with E-state index in [9.17, 15) is 19.8 Å². The number of ether oxygens (including phenoxy) is 2. The molecule has 1 rings (SSSR count). The molecular weight excluding hydrogens is 256 g/mol. The zero-order valence-electron chi connectivity index (χ0n) is 10.4. The van der Waals surface area contributed by atoms with Crippen LogP contribution in [0.15, 0.2) is 18.2 Å². The second kappa shape index (κ2) is 6.17. The molecule has 0 spiro atoms. The summed E-state index contributed by atoms with van der Waals surface area (Å²) in [7, 11) is 2.32.